The van der Waals surface area contributed by atoms with E-state index in [4.69, 9.17) is 21.6 Å². The minimum atomic E-state index is -0.360. The van der Waals surface area contributed by atoms with E-state index in [1.54, 1.807) is 19.1 Å². The number of hydrogen-bond acceptors (Lipinski definition) is 4. The summed E-state index contributed by atoms with van der Waals surface area (Å²) >= 11 is 5.74. The van der Waals surface area contributed by atoms with Crippen molar-refractivity contribution in [2.24, 2.45) is 0 Å². The number of ether oxygens (including phenoxy) is 1. The van der Waals surface area contributed by atoms with Gasteiger partial charge in [-0.05, 0) is 25.1 Å². The predicted octanol–water partition coefficient (Wildman–Crippen LogP) is 2.19. The van der Waals surface area contributed by atoms with E-state index in [0.29, 0.717) is 22.9 Å². The summed E-state index contributed by atoms with van der Waals surface area (Å²) in [6.45, 7) is 2.11. The fraction of sp³-hybridized carbons (Fsp3) is 0.273. The van der Waals surface area contributed by atoms with Gasteiger partial charge in [-0.25, -0.2) is 0 Å². The summed E-state index contributed by atoms with van der Waals surface area (Å²) in [6, 6.07) is 6.83. The van der Waals surface area contributed by atoms with E-state index >= 15 is 0 Å². The van der Waals surface area contributed by atoms with E-state index in [1.807, 2.05) is 6.07 Å². The largest absolute Gasteiger partial charge is 0.465 e. The maximum Gasteiger partial charge on any atom is 0.325 e. The maximum absolute atomic E-state index is 11.1. The second-order valence-electron chi connectivity index (χ2n) is 2.96. The Morgan fingerprint density at radius 2 is 2.38 bits per heavy atom. The van der Waals surface area contributed by atoms with Crippen molar-refractivity contribution >= 4 is 23.3 Å². The zero-order chi connectivity index (χ0) is 12.0. The standard InChI is InChI=1S/C11H11ClN2O2/c1-2-16-11(15)7-14-10-4-3-9(12)5-8(10)6-13/h3-5,14H,2,7H2,1H3. The lowest BCUT2D eigenvalue weighted by Crippen LogP contribution is -2.17. The van der Waals surface area contributed by atoms with Crippen LogP contribution in [-0.2, 0) is 9.53 Å². The second-order valence-corrected chi connectivity index (χ2v) is 3.40. The molecule has 0 saturated heterocycles. The Morgan fingerprint density at radius 3 is 3.00 bits per heavy atom. The van der Waals surface area contributed by atoms with Gasteiger partial charge in [-0.3, -0.25) is 4.79 Å². The summed E-state index contributed by atoms with van der Waals surface area (Å²) in [5, 5.41) is 12.2. The molecule has 0 fully saturated rings. The number of carbonyl (C=O) groups excluding carboxylic acids is 1. The number of esters is 1. The van der Waals surface area contributed by atoms with Crippen LogP contribution >= 0.6 is 11.6 Å². The fourth-order valence-corrected chi connectivity index (χ4v) is 1.31. The van der Waals surface area contributed by atoms with Crippen LogP contribution in [-0.4, -0.2) is 19.1 Å². The van der Waals surface area contributed by atoms with Crippen LogP contribution in [0.3, 0.4) is 0 Å². The van der Waals surface area contributed by atoms with Gasteiger partial charge in [-0.15, -0.1) is 0 Å². The molecular formula is C11H11ClN2O2. The number of nitriles is 1. The highest BCUT2D eigenvalue weighted by atomic mass is 35.5. The number of benzene rings is 1. The van der Waals surface area contributed by atoms with Crippen molar-refractivity contribution < 1.29 is 9.53 Å². The van der Waals surface area contributed by atoms with Gasteiger partial charge in [-0.1, -0.05) is 11.6 Å². The van der Waals surface area contributed by atoms with E-state index in [1.165, 1.54) is 6.07 Å². The van der Waals surface area contributed by atoms with E-state index in [2.05, 4.69) is 5.32 Å². The Morgan fingerprint density at radius 1 is 1.62 bits per heavy atom. The van der Waals surface area contributed by atoms with Crippen molar-refractivity contribution in [3.05, 3.63) is 28.8 Å². The molecule has 84 valence electrons. The molecule has 0 atom stereocenters. The number of nitrogens with zero attached hydrogens (tertiary/aromatic N) is 1. The van der Waals surface area contributed by atoms with Gasteiger partial charge in [0.2, 0.25) is 0 Å². The van der Waals surface area contributed by atoms with Crippen LogP contribution in [0.25, 0.3) is 0 Å². The predicted molar refractivity (Wildman–Crippen MR) is 61.3 cm³/mol. The molecule has 0 bridgehead atoms. The minimum absolute atomic E-state index is 0.0319. The summed E-state index contributed by atoms with van der Waals surface area (Å²) in [5.74, 6) is -0.360. The Bertz CT molecular complexity index is 426. The highest BCUT2D eigenvalue weighted by Crippen LogP contribution is 2.19. The Labute approximate surface area is 98.8 Å². The molecule has 0 unspecified atom stereocenters. The molecule has 0 aliphatic heterocycles. The van der Waals surface area contributed by atoms with E-state index in [0.717, 1.165) is 0 Å². The van der Waals surface area contributed by atoms with Crippen molar-refractivity contribution in [2.45, 2.75) is 6.92 Å². The van der Waals surface area contributed by atoms with Crippen molar-refractivity contribution in [2.75, 3.05) is 18.5 Å². The first-order valence-corrected chi connectivity index (χ1v) is 5.14. The van der Waals surface area contributed by atoms with Crippen molar-refractivity contribution in [1.29, 1.82) is 5.26 Å². The van der Waals surface area contributed by atoms with Crippen LogP contribution in [0.1, 0.15) is 12.5 Å². The van der Waals surface area contributed by atoms with E-state index in [-0.39, 0.29) is 12.5 Å². The molecule has 1 aromatic rings. The van der Waals surface area contributed by atoms with Gasteiger partial charge in [0, 0.05) is 5.02 Å². The van der Waals surface area contributed by atoms with Crippen LogP contribution in [0.15, 0.2) is 18.2 Å². The molecule has 0 heterocycles. The van der Waals surface area contributed by atoms with Crippen molar-refractivity contribution in [3.8, 4) is 6.07 Å². The Kier molecular flexibility index (Phi) is 4.62. The average molecular weight is 239 g/mol. The number of carbonyl (C=O) groups is 1. The molecule has 5 heteroatoms. The molecule has 0 aromatic heterocycles. The highest BCUT2D eigenvalue weighted by molar-refractivity contribution is 6.30. The normalized spacial score (nSPS) is 9.31. The molecule has 0 saturated carbocycles. The molecule has 0 radical (unpaired) electrons. The summed E-state index contributed by atoms with van der Waals surface area (Å²) in [4.78, 5) is 11.1. The average Bonchev–Trinajstić information content (AvgIpc) is 2.27. The molecule has 0 aliphatic carbocycles. The molecule has 1 rings (SSSR count). The number of hydrogen-bond donors (Lipinski definition) is 1. The maximum atomic E-state index is 11.1. The van der Waals surface area contributed by atoms with Crippen molar-refractivity contribution in [3.63, 3.8) is 0 Å². The molecular weight excluding hydrogens is 228 g/mol. The highest BCUT2D eigenvalue weighted by Gasteiger charge is 2.05. The third-order valence-electron chi connectivity index (χ3n) is 1.83. The summed E-state index contributed by atoms with van der Waals surface area (Å²) in [5.41, 5.74) is 0.969. The van der Waals surface area contributed by atoms with Gasteiger partial charge >= 0.3 is 5.97 Å². The SMILES string of the molecule is CCOC(=O)CNc1ccc(Cl)cc1C#N. The first-order valence-electron chi connectivity index (χ1n) is 4.76. The Hall–Kier alpha value is -1.73. The zero-order valence-electron chi connectivity index (χ0n) is 8.79. The first-order chi connectivity index (χ1) is 7.67. The van der Waals surface area contributed by atoms with Gasteiger partial charge in [0.1, 0.15) is 12.6 Å². The van der Waals surface area contributed by atoms with Crippen LogP contribution in [0, 0.1) is 11.3 Å². The molecule has 1 aromatic carbocycles. The smallest absolute Gasteiger partial charge is 0.325 e. The topological polar surface area (TPSA) is 62.1 Å². The van der Waals surface area contributed by atoms with E-state index in [9.17, 15) is 4.79 Å². The van der Waals surface area contributed by atoms with E-state index < -0.39 is 0 Å². The second kappa shape index (κ2) is 5.99. The van der Waals surface area contributed by atoms with Crippen LogP contribution in [0.4, 0.5) is 5.69 Å². The molecule has 0 amide bonds. The van der Waals surface area contributed by atoms with Gasteiger partial charge in [0.15, 0.2) is 0 Å². The van der Waals surface area contributed by atoms with Crippen LogP contribution in [0.2, 0.25) is 5.02 Å². The third kappa shape index (κ3) is 3.44. The van der Waals surface area contributed by atoms with Gasteiger partial charge in [0.25, 0.3) is 0 Å². The lowest BCUT2D eigenvalue weighted by atomic mass is 10.2. The lowest BCUT2D eigenvalue weighted by Gasteiger charge is -2.07. The molecule has 0 spiro atoms. The third-order valence-corrected chi connectivity index (χ3v) is 2.07. The molecule has 4 nitrogen and oxygen atoms in total. The van der Waals surface area contributed by atoms with Crippen LogP contribution in [0.5, 0.6) is 0 Å². The van der Waals surface area contributed by atoms with Gasteiger partial charge < -0.3 is 10.1 Å². The number of halogens is 1. The van der Waals surface area contributed by atoms with Crippen LogP contribution < -0.4 is 5.32 Å². The minimum Gasteiger partial charge on any atom is -0.465 e. The summed E-state index contributed by atoms with van der Waals surface area (Å²) in [7, 11) is 0. The van der Waals surface area contributed by atoms with Gasteiger partial charge in [0.05, 0.1) is 17.9 Å². The Balaban J connectivity index is 2.67. The summed E-state index contributed by atoms with van der Waals surface area (Å²) in [6.07, 6.45) is 0. The molecule has 0 aliphatic rings. The molecule has 16 heavy (non-hydrogen) atoms. The lowest BCUT2D eigenvalue weighted by molar-refractivity contribution is -0.140. The van der Waals surface area contributed by atoms with Gasteiger partial charge in [-0.2, -0.15) is 5.26 Å². The zero-order valence-corrected chi connectivity index (χ0v) is 9.54. The summed E-state index contributed by atoms with van der Waals surface area (Å²) < 4.78 is 4.75. The van der Waals surface area contributed by atoms with Crippen molar-refractivity contribution in [1.82, 2.24) is 0 Å². The number of nitrogens with one attached hydrogen (secondary N) is 1. The fourth-order valence-electron chi connectivity index (χ4n) is 1.14. The molecule has 1 N–H and O–H groups in total. The number of anilines is 1. The number of rotatable bonds is 4. The first kappa shape index (κ1) is 12.3. The quantitative estimate of drug-likeness (QED) is 0.817. The monoisotopic (exact) mass is 238 g/mol.